The van der Waals surface area contributed by atoms with E-state index in [1.165, 1.54) is 17.0 Å². The number of halogens is 2. The molecule has 31 heavy (non-hydrogen) atoms. The highest BCUT2D eigenvalue weighted by atomic mass is 79.9. The van der Waals surface area contributed by atoms with Gasteiger partial charge in [0.15, 0.2) is 0 Å². The summed E-state index contributed by atoms with van der Waals surface area (Å²) < 4.78 is 14.4. The van der Waals surface area contributed by atoms with Crippen LogP contribution in [0.3, 0.4) is 0 Å². The average Bonchev–Trinajstić information content (AvgIpc) is 3.11. The van der Waals surface area contributed by atoms with Crippen molar-refractivity contribution >= 4 is 50.2 Å². The van der Waals surface area contributed by atoms with E-state index in [1.807, 2.05) is 72.8 Å². The van der Waals surface area contributed by atoms with Gasteiger partial charge in [-0.1, -0.05) is 70.5 Å². The zero-order valence-electron chi connectivity index (χ0n) is 16.3. The zero-order chi connectivity index (χ0) is 21.4. The fourth-order valence-corrected chi connectivity index (χ4v) is 3.93. The second-order valence-electron chi connectivity index (χ2n) is 7.16. The van der Waals surface area contributed by atoms with Gasteiger partial charge in [0.25, 0.3) is 5.91 Å². The van der Waals surface area contributed by atoms with Crippen LogP contribution in [0.5, 0.6) is 0 Å². The Hall–Kier alpha value is -3.57. The van der Waals surface area contributed by atoms with E-state index < -0.39 is 0 Å². The number of carbonyl (C=O) groups is 1. The number of rotatable bonds is 3. The van der Waals surface area contributed by atoms with Crippen LogP contribution < -0.4 is 4.90 Å². The van der Waals surface area contributed by atoms with Crippen LogP contribution in [0.1, 0.15) is 11.1 Å². The summed E-state index contributed by atoms with van der Waals surface area (Å²) in [6, 6.07) is 27.4. The number of anilines is 1. The number of hydrogen-bond donors (Lipinski definition) is 0. The van der Waals surface area contributed by atoms with Crippen LogP contribution in [0.15, 0.2) is 106 Å². The first-order chi connectivity index (χ1) is 15.1. The average molecular weight is 471 g/mol. The lowest BCUT2D eigenvalue weighted by Crippen LogP contribution is -2.32. The van der Waals surface area contributed by atoms with Crippen molar-refractivity contribution in [3.05, 3.63) is 118 Å². The van der Waals surface area contributed by atoms with Crippen LogP contribution >= 0.6 is 15.9 Å². The summed E-state index contributed by atoms with van der Waals surface area (Å²) >= 11 is 3.44. The Kier molecular flexibility index (Phi) is 4.96. The van der Waals surface area contributed by atoms with Crippen molar-refractivity contribution in [1.82, 2.24) is 0 Å². The van der Waals surface area contributed by atoms with Crippen LogP contribution in [-0.2, 0) is 4.79 Å². The molecule has 150 valence electrons. The quantitative estimate of drug-likeness (QED) is 0.311. The molecular formula is C26H16BrFN2O. The maximum Gasteiger partial charge on any atom is 0.282 e. The highest BCUT2D eigenvalue weighted by Gasteiger charge is 2.32. The fourth-order valence-electron chi connectivity index (χ4n) is 3.66. The number of hydrogen-bond acceptors (Lipinski definition) is 2. The van der Waals surface area contributed by atoms with Crippen LogP contribution in [0.4, 0.5) is 10.1 Å². The van der Waals surface area contributed by atoms with Gasteiger partial charge in [0.1, 0.15) is 17.3 Å². The van der Waals surface area contributed by atoms with Crippen molar-refractivity contribution in [2.24, 2.45) is 4.99 Å². The number of amides is 1. The third-order valence-corrected chi connectivity index (χ3v) is 5.69. The molecule has 0 bridgehead atoms. The Labute approximate surface area is 187 Å². The molecule has 1 aliphatic rings. The van der Waals surface area contributed by atoms with Crippen molar-refractivity contribution in [2.45, 2.75) is 0 Å². The molecule has 4 aromatic carbocycles. The molecule has 0 atom stereocenters. The Morgan fingerprint density at radius 1 is 0.839 bits per heavy atom. The highest BCUT2D eigenvalue weighted by molar-refractivity contribution is 9.10. The standard InChI is InChI=1S/C26H16BrFN2O/c27-20-10-8-18(9-11-20)25-29-24(26(31)30(25)22-14-12-21(28)13-15-22)16-19-6-3-5-17-4-1-2-7-23(17)19/h1-16H/b24-16+. The molecule has 5 heteroatoms. The topological polar surface area (TPSA) is 32.7 Å². The minimum atomic E-state index is -0.357. The van der Waals surface area contributed by atoms with Gasteiger partial charge in [0.2, 0.25) is 0 Å². The number of nitrogens with zero attached hydrogens (tertiary/aromatic N) is 2. The molecule has 0 aliphatic carbocycles. The van der Waals surface area contributed by atoms with Crippen molar-refractivity contribution in [3.63, 3.8) is 0 Å². The van der Waals surface area contributed by atoms with Gasteiger partial charge < -0.3 is 0 Å². The highest BCUT2D eigenvalue weighted by Crippen LogP contribution is 2.30. The third-order valence-electron chi connectivity index (χ3n) is 5.16. The summed E-state index contributed by atoms with van der Waals surface area (Å²) in [6.07, 6.45) is 1.81. The van der Waals surface area contributed by atoms with E-state index in [1.54, 1.807) is 12.1 Å². The SMILES string of the molecule is O=C1/C(=C\c2cccc3ccccc23)N=C(c2ccc(Br)cc2)N1c1ccc(F)cc1. The Morgan fingerprint density at radius 2 is 1.55 bits per heavy atom. The molecule has 0 spiro atoms. The maximum atomic E-state index is 13.5. The van der Waals surface area contributed by atoms with Gasteiger partial charge in [-0.25, -0.2) is 9.38 Å². The zero-order valence-corrected chi connectivity index (χ0v) is 17.9. The number of amidine groups is 1. The van der Waals surface area contributed by atoms with E-state index in [9.17, 15) is 9.18 Å². The molecule has 4 aromatic rings. The Morgan fingerprint density at radius 3 is 2.32 bits per heavy atom. The van der Waals surface area contributed by atoms with Crippen LogP contribution in [0.2, 0.25) is 0 Å². The van der Waals surface area contributed by atoms with E-state index in [4.69, 9.17) is 4.99 Å². The third kappa shape index (κ3) is 3.68. The first-order valence-corrected chi connectivity index (χ1v) is 10.5. The molecule has 0 radical (unpaired) electrons. The lowest BCUT2D eigenvalue weighted by Gasteiger charge is -2.18. The molecule has 5 rings (SSSR count). The summed E-state index contributed by atoms with van der Waals surface area (Å²) in [6.45, 7) is 0. The van der Waals surface area contributed by atoms with E-state index in [0.29, 0.717) is 17.2 Å². The summed E-state index contributed by atoms with van der Waals surface area (Å²) in [5.74, 6) is -0.0999. The van der Waals surface area contributed by atoms with Crippen LogP contribution in [0.25, 0.3) is 16.8 Å². The lowest BCUT2D eigenvalue weighted by atomic mass is 10.0. The molecule has 0 unspecified atom stereocenters. The monoisotopic (exact) mass is 470 g/mol. The summed E-state index contributed by atoms with van der Waals surface area (Å²) in [5.41, 5.74) is 2.61. The molecule has 1 aliphatic heterocycles. The maximum absolute atomic E-state index is 13.5. The number of benzene rings is 4. The molecule has 0 aromatic heterocycles. The van der Waals surface area contributed by atoms with E-state index in [2.05, 4.69) is 15.9 Å². The van der Waals surface area contributed by atoms with Crippen LogP contribution in [-0.4, -0.2) is 11.7 Å². The largest absolute Gasteiger partial charge is 0.282 e. The van der Waals surface area contributed by atoms with E-state index in [-0.39, 0.29) is 11.7 Å². The van der Waals surface area contributed by atoms with Crippen LogP contribution in [0, 0.1) is 5.82 Å². The second-order valence-corrected chi connectivity index (χ2v) is 8.07. The van der Waals surface area contributed by atoms with Gasteiger partial charge in [0, 0.05) is 10.0 Å². The Bertz CT molecular complexity index is 1350. The van der Waals surface area contributed by atoms with Crippen molar-refractivity contribution in [3.8, 4) is 0 Å². The minimum absolute atomic E-state index is 0.252. The minimum Gasteiger partial charge on any atom is -0.266 e. The van der Waals surface area contributed by atoms with Gasteiger partial charge in [-0.15, -0.1) is 0 Å². The van der Waals surface area contributed by atoms with E-state index in [0.717, 1.165) is 26.4 Å². The normalized spacial score (nSPS) is 15.0. The van der Waals surface area contributed by atoms with Crippen molar-refractivity contribution in [2.75, 3.05) is 4.90 Å². The molecule has 1 heterocycles. The fraction of sp³-hybridized carbons (Fsp3) is 0. The van der Waals surface area contributed by atoms with E-state index >= 15 is 0 Å². The first-order valence-electron chi connectivity index (χ1n) is 9.74. The second kappa shape index (κ2) is 7.93. The summed E-state index contributed by atoms with van der Waals surface area (Å²) in [4.78, 5) is 19.6. The predicted octanol–water partition coefficient (Wildman–Crippen LogP) is 6.58. The number of fused-ring (bicyclic) bond motifs is 1. The molecule has 0 saturated carbocycles. The molecule has 0 saturated heterocycles. The summed E-state index contributed by atoms with van der Waals surface area (Å²) in [7, 11) is 0. The van der Waals surface area contributed by atoms with Gasteiger partial charge in [-0.2, -0.15) is 0 Å². The van der Waals surface area contributed by atoms with Gasteiger partial charge in [-0.3, -0.25) is 9.69 Å². The predicted molar refractivity (Wildman–Crippen MR) is 126 cm³/mol. The molecular weight excluding hydrogens is 455 g/mol. The molecule has 1 amide bonds. The van der Waals surface area contributed by atoms with Gasteiger partial charge in [-0.05, 0) is 58.8 Å². The lowest BCUT2D eigenvalue weighted by molar-refractivity contribution is -0.113. The Balaban J connectivity index is 1.66. The molecule has 3 nitrogen and oxygen atoms in total. The van der Waals surface area contributed by atoms with Gasteiger partial charge in [0.05, 0.1) is 5.69 Å². The molecule has 0 N–H and O–H groups in total. The smallest absolute Gasteiger partial charge is 0.266 e. The van der Waals surface area contributed by atoms with Gasteiger partial charge >= 0.3 is 0 Å². The van der Waals surface area contributed by atoms with Crippen molar-refractivity contribution < 1.29 is 9.18 Å². The number of aliphatic imine (C=N–C) groups is 1. The first kappa shape index (κ1) is 19.4. The number of carbonyl (C=O) groups excluding carboxylic acids is 1. The molecule has 0 fully saturated rings. The van der Waals surface area contributed by atoms with Crippen molar-refractivity contribution in [1.29, 1.82) is 0 Å². The summed E-state index contributed by atoms with van der Waals surface area (Å²) in [5, 5.41) is 2.14.